The number of amides is 1. The maximum Gasteiger partial charge on any atom is 0.305 e. The number of ether oxygens (including phenoxy) is 1. The first-order chi connectivity index (χ1) is 13.5. The van der Waals surface area contributed by atoms with Crippen LogP contribution in [-0.2, 0) is 20.9 Å². The molecule has 1 saturated heterocycles. The maximum atomic E-state index is 14.1. The van der Waals surface area contributed by atoms with Crippen LogP contribution in [0.2, 0.25) is 0 Å². The number of carboxylic acids is 1. The van der Waals surface area contributed by atoms with Gasteiger partial charge in [-0.15, -0.1) is 5.10 Å². The fraction of sp³-hybridized carbons (Fsp3) is 0.474. The number of benzene rings is 1. The lowest BCUT2D eigenvalue weighted by Crippen LogP contribution is -2.26. The zero-order valence-corrected chi connectivity index (χ0v) is 16.5. The lowest BCUT2D eigenvalue weighted by Gasteiger charge is -2.06. The highest BCUT2D eigenvalue weighted by Crippen LogP contribution is 2.22. The molecule has 28 heavy (non-hydrogen) atoms. The smallest absolute Gasteiger partial charge is 0.305 e. The molecule has 0 bridgehead atoms. The minimum absolute atomic E-state index is 0.223. The Hall–Kier alpha value is -2.26. The number of amidine groups is 1. The summed E-state index contributed by atoms with van der Waals surface area (Å²) in [6.45, 7) is 2.99. The molecule has 1 amide bonds. The van der Waals surface area contributed by atoms with Crippen LogP contribution < -0.4 is 5.32 Å². The molecule has 9 heteroatoms. The summed E-state index contributed by atoms with van der Waals surface area (Å²) in [7, 11) is 0. The summed E-state index contributed by atoms with van der Waals surface area (Å²) in [5.74, 6) is -1.85. The van der Waals surface area contributed by atoms with Gasteiger partial charge in [-0.3, -0.25) is 9.59 Å². The molecular weight excluding hydrogens is 385 g/mol. The van der Waals surface area contributed by atoms with Crippen LogP contribution in [0.5, 0.6) is 0 Å². The number of aliphatic carboxylic acids is 1. The highest BCUT2D eigenvalue weighted by molar-refractivity contribution is 8.15. The molecule has 1 aromatic rings. The van der Waals surface area contributed by atoms with Crippen LogP contribution in [0.1, 0.15) is 50.2 Å². The number of carbonyl (C=O) groups is 2. The largest absolute Gasteiger partial charge is 0.481 e. The predicted octanol–water partition coefficient (Wildman–Crippen LogP) is 3.32. The van der Waals surface area contributed by atoms with E-state index in [0.29, 0.717) is 17.7 Å². The molecule has 1 fully saturated rings. The van der Waals surface area contributed by atoms with Crippen LogP contribution in [-0.4, -0.2) is 40.2 Å². The van der Waals surface area contributed by atoms with Crippen molar-refractivity contribution in [2.75, 3.05) is 6.61 Å². The molecule has 152 valence electrons. The van der Waals surface area contributed by atoms with Gasteiger partial charge in [-0.2, -0.15) is 5.10 Å². The van der Waals surface area contributed by atoms with Gasteiger partial charge < -0.3 is 15.2 Å². The number of carbonyl (C=O) groups excluding carboxylic acids is 1. The van der Waals surface area contributed by atoms with Gasteiger partial charge in [-0.1, -0.05) is 50.1 Å². The first kappa shape index (κ1) is 22.0. The van der Waals surface area contributed by atoms with E-state index in [9.17, 15) is 14.0 Å². The average Bonchev–Trinajstić information content (AvgIpc) is 2.98. The van der Waals surface area contributed by atoms with Gasteiger partial charge in [0.1, 0.15) is 11.1 Å². The maximum absolute atomic E-state index is 14.1. The first-order valence-electron chi connectivity index (χ1n) is 9.16. The molecule has 2 N–H and O–H groups in total. The summed E-state index contributed by atoms with van der Waals surface area (Å²) in [5, 5.41) is 18.4. The number of nitrogens with zero attached hydrogens (tertiary/aromatic N) is 2. The molecule has 1 heterocycles. The van der Waals surface area contributed by atoms with E-state index in [0.717, 1.165) is 31.0 Å². The van der Waals surface area contributed by atoms with E-state index in [1.165, 1.54) is 18.7 Å². The number of carboxylic acid groups (broad SMARTS) is 1. The number of rotatable bonds is 11. The SMILES string of the molecule is CCCCCCOCc1ccc(C=NN=C2NC(=O)C(CC(=O)O)S2)cc1F. The Morgan fingerprint density at radius 2 is 2.21 bits per heavy atom. The van der Waals surface area contributed by atoms with Gasteiger partial charge in [0.25, 0.3) is 0 Å². The predicted molar refractivity (Wildman–Crippen MR) is 107 cm³/mol. The Bertz CT molecular complexity index is 755. The van der Waals surface area contributed by atoms with Crippen LogP contribution in [0.4, 0.5) is 4.39 Å². The lowest BCUT2D eigenvalue weighted by atomic mass is 10.1. The second-order valence-electron chi connectivity index (χ2n) is 6.31. The van der Waals surface area contributed by atoms with Crippen molar-refractivity contribution >= 4 is 35.0 Å². The zero-order chi connectivity index (χ0) is 20.4. The highest BCUT2D eigenvalue weighted by Gasteiger charge is 2.32. The van der Waals surface area contributed by atoms with Crippen LogP contribution >= 0.6 is 11.8 Å². The second kappa shape index (κ2) is 11.6. The minimum Gasteiger partial charge on any atom is -0.481 e. The lowest BCUT2D eigenvalue weighted by molar-refractivity contribution is -0.138. The van der Waals surface area contributed by atoms with Crippen molar-refractivity contribution in [2.24, 2.45) is 10.2 Å². The highest BCUT2D eigenvalue weighted by atomic mass is 32.2. The molecule has 1 unspecified atom stereocenters. The van der Waals surface area contributed by atoms with E-state index in [-0.39, 0.29) is 24.0 Å². The van der Waals surface area contributed by atoms with Gasteiger partial charge in [-0.05, 0) is 18.1 Å². The standard InChI is InChI=1S/C19H24FN3O4S/c1-2-3-4-5-8-27-12-14-7-6-13(9-15(14)20)11-21-23-19-22-18(26)16(28-19)10-17(24)25/h6-7,9,11,16H,2-5,8,10,12H2,1H3,(H,24,25)(H,22,23,26). The minimum atomic E-state index is -1.06. The summed E-state index contributed by atoms with van der Waals surface area (Å²) >= 11 is 1.01. The zero-order valence-electron chi connectivity index (χ0n) is 15.7. The summed E-state index contributed by atoms with van der Waals surface area (Å²) in [6, 6.07) is 4.69. The van der Waals surface area contributed by atoms with Crippen molar-refractivity contribution in [1.29, 1.82) is 0 Å². The molecule has 0 aromatic heterocycles. The van der Waals surface area contributed by atoms with Crippen LogP contribution in [0, 0.1) is 5.82 Å². The van der Waals surface area contributed by atoms with Crippen molar-refractivity contribution in [3.8, 4) is 0 Å². The van der Waals surface area contributed by atoms with Crippen molar-refractivity contribution < 1.29 is 23.8 Å². The van der Waals surface area contributed by atoms with Crippen LogP contribution in [0.15, 0.2) is 28.4 Å². The van der Waals surface area contributed by atoms with Crippen molar-refractivity contribution in [3.63, 3.8) is 0 Å². The number of halogens is 1. The van der Waals surface area contributed by atoms with Gasteiger partial charge in [-0.25, -0.2) is 4.39 Å². The molecule has 1 aliphatic rings. The molecule has 2 rings (SSSR count). The average molecular weight is 409 g/mol. The molecule has 0 spiro atoms. The molecule has 1 atom stereocenters. The summed E-state index contributed by atoms with van der Waals surface area (Å²) < 4.78 is 19.6. The van der Waals surface area contributed by atoms with Crippen molar-refractivity contribution in [3.05, 3.63) is 35.1 Å². The Morgan fingerprint density at radius 3 is 2.93 bits per heavy atom. The second-order valence-corrected chi connectivity index (χ2v) is 7.50. The van der Waals surface area contributed by atoms with E-state index >= 15 is 0 Å². The number of hydrogen-bond acceptors (Lipinski definition) is 6. The molecule has 0 radical (unpaired) electrons. The quantitative estimate of drug-likeness (QED) is 0.332. The van der Waals surface area contributed by atoms with Gasteiger partial charge in [0.15, 0.2) is 5.17 Å². The number of unbranched alkanes of at least 4 members (excludes halogenated alkanes) is 3. The van der Waals surface area contributed by atoms with E-state index in [1.807, 2.05) is 0 Å². The monoisotopic (exact) mass is 409 g/mol. The molecule has 1 aromatic carbocycles. The Balaban J connectivity index is 1.83. The Kier molecular flexibility index (Phi) is 9.09. The van der Waals surface area contributed by atoms with Gasteiger partial charge in [0, 0.05) is 12.2 Å². The molecular formula is C19H24FN3O4S. The summed E-state index contributed by atoms with van der Waals surface area (Å²) in [6.07, 6.45) is 5.51. The number of thioether (sulfide) groups is 1. The van der Waals surface area contributed by atoms with Crippen LogP contribution in [0.25, 0.3) is 0 Å². The Morgan fingerprint density at radius 1 is 1.39 bits per heavy atom. The van der Waals surface area contributed by atoms with E-state index < -0.39 is 17.1 Å². The normalized spacial score (nSPS) is 18.1. The third-order valence-corrected chi connectivity index (χ3v) is 5.04. The van der Waals surface area contributed by atoms with E-state index in [4.69, 9.17) is 9.84 Å². The number of nitrogens with one attached hydrogen (secondary N) is 1. The van der Waals surface area contributed by atoms with E-state index in [1.54, 1.807) is 12.1 Å². The van der Waals surface area contributed by atoms with Crippen molar-refractivity contribution in [1.82, 2.24) is 5.32 Å². The first-order valence-corrected chi connectivity index (χ1v) is 10.0. The van der Waals surface area contributed by atoms with Gasteiger partial charge in [0.05, 0.1) is 19.2 Å². The number of hydrogen-bond donors (Lipinski definition) is 2. The fourth-order valence-corrected chi connectivity index (χ4v) is 3.38. The summed E-state index contributed by atoms with van der Waals surface area (Å²) in [4.78, 5) is 22.3. The third kappa shape index (κ3) is 7.40. The Labute approximate surface area is 167 Å². The topological polar surface area (TPSA) is 100 Å². The van der Waals surface area contributed by atoms with Crippen LogP contribution in [0.3, 0.4) is 0 Å². The van der Waals surface area contributed by atoms with Crippen molar-refractivity contribution in [2.45, 2.75) is 50.9 Å². The van der Waals surface area contributed by atoms with Gasteiger partial charge >= 0.3 is 5.97 Å². The van der Waals surface area contributed by atoms with Gasteiger partial charge in [0.2, 0.25) is 5.91 Å². The fourth-order valence-electron chi connectivity index (χ4n) is 2.47. The molecule has 1 aliphatic heterocycles. The third-order valence-electron chi connectivity index (χ3n) is 3.97. The van der Waals surface area contributed by atoms with E-state index in [2.05, 4.69) is 22.4 Å². The molecule has 0 aliphatic carbocycles. The molecule has 0 saturated carbocycles. The summed E-state index contributed by atoms with van der Waals surface area (Å²) in [5.41, 5.74) is 0.999. The molecule has 7 nitrogen and oxygen atoms in total.